The van der Waals surface area contributed by atoms with Gasteiger partial charge in [-0.05, 0) is 50.5 Å². The normalized spacial score (nSPS) is 28.9. The van der Waals surface area contributed by atoms with Crippen molar-refractivity contribution >= 4 is 11.8 Å². The number of hydrogen-bond donors (Lipinski definition) is 1. The van der Waals surface area contributed by atoms with Crippen molar-refractivity contribution in [3.63, 3.8) is 0 Å². The van der Waals surface area contributed by atoms with E-state index in [1.807, 2.05) is 44.2 Å². The van der Waals surface area contributed by atoms with Crippen LogP contribution in [-0.2, 0) is 20.7 Å². The number of nitrogens with zero attached hydrogens (tertiary/aromatic N) is 1. The highest BCUT2D eigenvalue weighted by Gasteiger charge is 2.53. The molecule has 1 heterocycles. The molecular weight excluding hydrogens is 340 g/mol. The minimum atomic E-state index is -0.615. The fourth-order valence-electron chi connectivity index (χ4n) is 4.15. The Balaban J connectivity index is 1.83. The van der Waals surface area contributed by atoms with Crippen LogP contribution in [0, 0.1) is 5.92 Å². The van der Waals surface area contributed by atoms with Gasteiger partial charge in [-0.3, -0.25) is 14.5 Å². The smallest absolute Gasteiger partial charge is 0.245 e. The molecule has 3 rings (SSSR count). The highest BCUT2D eigenvalue weighted by molar-refractivity contribution is 5.89. The maximum atomic E-state index is 13.3. The highest BCUT2D eigenvalue weighted by Crippen LogP contribution is 2.42. The van der Waals surface area contributed by atoms with Gasteiger partial charge in [-0.1, -0.05) is 44.2 Å². The molecule has 27 heavy (non-hydrogen) atoms. The van der Waals surface area contributed by atoms with Crippen molar-refractivity contribution in [2.75, 3.05) is 6.61 Å². The van der Waals surface area contributed by atoms with Crippen LogP contribution >= 0.6 is 0 Å². The molecule has 1 aromatic rings. The second-order valence-electron chi connectivity index (χ2n) is 8.20. The summed E-state index contributed by atoms with van der Waals surface area (Å²) in [6, 6.07) is 9.29. The van der Waals surface area contributed by atoms with E-state index in [2.05, 4.69) is 12.2 Å². The molecule has 148 valence electrons. The first-order valence-electron chi connectivity index (χ1n) is 10.3. The standard InChI is InChI=1S/C22H32N2O3/c1-4-17(3)23-21(26)19-15-27-22(12-10-16(2)11-13-22)24(19)20(25)14-18-8-6-5-7-9-18/h5-9,16-17,19H,4,10-15H2,1-3H3,(H,23,26)/t16?,17-,19-,22?/m1/s1. The maximum Gasteiger partial charge on any atom is 0.245 e. The van der Waals surface area contributed by atoms with Crippen LogP contribution in [0.2, 0.25) is 0 Å². The number of carbonyl (C=O) groups excluding carboxylic acids is 2. The van der Waals surface area contributed by atoms with Crippen LogP contribution in [-0.4, -0.2) is 41.1 Å². The first-order valence-corrected chi connectivity index (χ1v) is 10.3. The molecular formula is C22H32N2O3. The summed E-state index contributed by atoms with van der Waals surface area (Å²) in [6.07, 6.45) is 4.82. The number of rotatable bonds is 5. The van der Waals surface area contributed by atoms with E-state index in [0.717, 1.165) is 37.7 Å². The molecule has 1 saturated heterocycles. The van der Waals surface area contributed by atoms with Crippen LogP contribution < -0.4 is 5.32 Å². The van der Waals surface area contributed by atoms with E-state index >= 15 is 0 Å². The quantitative estimate of drug-likeness (QED) is 0.863. The molecule has 0 radical (unpaired) electrons. The summed E-state index contributed by atoms with van der Waals surface area (Å²) in [5.41, 5.74) is 0.352. The summed E-state index contributed by atoms with van der Waals surface area (Å²) < 4.78 is 6.19. The average Bonchev–Trinajstić information content (AvgIpc) is 3.04. The molecule has 1 aromatic carbocycles. The first-order chi connectivity index (χ1) is 12.9. The number of nitrogens with one attached hydrogen (secondary N) is 1. The Kier molecular flexibility index (Phi) is 6.20. The molecule has 0 unspecified atom stereocenters. The van der Waals surface area contributed by atoms with Crippen molar-refractivity contribution in [2.45, 2.75) is 77.1 Å². The lowest BCUT2D eigenvalue weighted by molar-refractivity contribution is -0.161. The molecule has 0 bridgehead atoms. The summed E-state index contributed by atoms with van der Waals surface area (Å²) in [7, 11) is 0. The number of ether oxygens (including phenoxy) is 1. The van der Waals surface area contributed by atoms with E-state index in [0.29, 0.717) is 12.3 Å². The third-order valence-corrected chi connectivity index (χ3v) is 6.09. The minimum Gasteiger partial charge on any atom is -0.353 e. The molecule has 1 aliphatic carbocycles. The van der Waals surface area contributed by atoms with Gasteiger partial charge in [0.1, 0.15) is 11.8 Å². The number of hydrogen-bond acceptors (Lipinski definition) is 3. The number of carbonyl (C=O) groups is 2. The molecule has 1 spiro atoms. The third-order valence-electron chi connectivity index (χ3n) is 6.09. The van der Waals surface area contributed by atoms with E-state index in [1.165, 1.54) is 0 Å². The van der Waals surface area contributed by atoms with Gasteiger partial charge in [-0.25, -0.2) is 0 Å². The Bertz CT molecular complexity index is 653. The fraction of sp³-hybridized carbons (Fsp3) is 0.636. The van der Waals surface area contributed by atoms with Crippen LogP contribution in [0.4, 0.5) is 0 Å². The van der Waals surface area contributed by atoms with Crippen molar-refractivity contribution in [3.8, 4) is 0 Å². The van der Waals surface area contributed by atoms with Gasteiger partial charge in [0.15, 0.2) is 0 Å². The molecule has 0 aromatic heterocycles. The lowest BCUT2D eigenvalue weighted by atomic mass is 9.83. The van der Waals surface area contributed by atoms with Gasteiger partial charge in [0, 0.05) is 6.04 Å². The summed E-state index contributed by atoms with van der Waals surface area (Å²) in [4.78, 5) is 28.0. The predicted molar refractivity (Wildman–Crippen MR) is 105 cm³/mol. The van der Waals surface area contributed by atoms with Gasteiger partial charge in [-0.15, -0.1) is 0 Å². The lowest BCUT2D eigenvalue weighted by Crippen LogP contribution is -2.57. The first kappa shape index (κ1) is 19.9. The SMILES string of the molecule is CC[C@@H](C)NC(=O)[C@H]1COC2(CCC(C)CC2)N1C(=O)Cc1ccccc1. The molecule has 2 aliphatic rings. The van der Waals surface area contributed by atoms with Crippen molar-refractivity contribution in [1.29, 1.82) is 0 Å². The number of amides is 2. The largest absolute Gasteiger partial charge is 0.353 e. The summed E-state index contributed by atoms with van der Waals surface area (Å²) in [6.45, 7) is 6.56. The molecule has 5 nitrogen and oxygen atoms in total. The van der Waals surface area contributed by atoms with Crippen LogP contribution in [0.5, 0.6) is 0 Å². The molecule has 2 atom stereocenters. The minimum absolute atomic E-state index is 0.0162. The van der Waals surface area contributed by atoms with Gasteiger partial charge < -0.3 is 10.1 Å². The second-order valence-corrected chi connectivity index (χ2v) is 8.20. The lowest BCUT2D eigenvalue weighted by Gasteiger charge is -2.43. The van der Waals surface area contributed by atoms with Crippen LogP contribution in [0.15, 0.2) is 30.3 Å². The van der Waals surface area contributed by atoms with E-state index in [4.69, 9.17) is 4.74 Å². The molecule has 5 heteroatoms. The van der Waals surface area contributed by atoms with Crippen molar-refractivity contribution < 1.29 is 14.3 Å². The monoisotopic (exact) mass is 372 g/mol. The van der Waals surface area contributed by atoms with Crippen molar-refractivity contribution in [2.24, 2.45) is 5.92 Å². The van der Waals surface area contributed by atoms with E-state index < -0.39 is 11.8 Å². The summed E-state index contributed by atoms with van der Waals surface area (Å²) in [5.74, 6) is 0.525. The zero-order valence-electron chi connectivity index (χ0n) is 16.7. The number of benzene rings is 1. The zero-order valence-corrected chi connectivity index (χ0v) is 16.7. The molecule has 1 N–H and O–H groups in total. The summed E-state index contributed by atoms with van der Waals surface area (Å²) >= 11 is 0. The Morgan fingerprint density at radius 1 is 1.26 bits per heavy atom. The zero-order chi connectivity index (χ0) is 19.4. The van der Waals surface area contributed by atoms with E-state index in [1.54, 1.807) is 4.90 Å². The predicted octanol–water partition coefficient (Wildman–Crippen LogP) is 3.28. The van der Waals surface area contributed by atoms with Crippen LogP contribution in [0.1, 0.15) is 58.4 Å². The van der Waals surface area contributed by atoms with Gasteiger partial charge in [0.25, 0.3) is 0 Å². The maximum absolute atomic E-state index is 13.3. The van der Waals surface area contributed by atoms with Gasteiger partial charge >= 0.3 is 0 Å². The van der Waals surface area contributed by atoms with Crippen molar-refractivity contribution in [1.82, 2.24) is 10.2 Å². The second kappa shape index (κ2) is 8.42. The Morgan fingerprint density at radius 3 is 2.56 bits per heavy atom. The molecule has 2 fully saturated rings. The summed E-state index contributed by atoms with van der Waals surface area (Å²) in [5, 5.41) is 3.04. The third kappa shape index (κ3) is 4.34. The molecule has 2 amide bonds. The highest BCUT2D eigenvalue weighted by atomic mass is 16.5. The Hall–Kier alpha value is -1.88. The van der Waals surface area contributed by atoms with E-state index in [-0.39, 0.29) is 24.5 Å². The molecule has 1 saturated carbocycles. The van der Waals surface area contributed by atoms with Crippen molar-refractivity contribution in [3.05, 3.63) is 35.9 Å². The van der Waals surface area contributed by atoms with Gasteiger partial charge in [0.2, 0.25) is 11.8 Å². The van der Waals surface area contributed by atoms with Crippen LogP contribution in [0.25, 0.3) is 0 Å². The fourth-order valence-corrected chi connectivity index (χ4v) is 4.15. The van der Waals surface area contributed by atoms with Gasteiger partial charge in [-0.2, -0.15) is 0 Å². The van der Waals surface area contributed by atoms with Gasteiger partial charge in [0.05, 0.1) is 13.0 Å². The van der Waals surface area contributed by atoms with Crippen LogP contribution in [0.3, 0.4) is 0 Å². The topological polar surface area (TPSA) is 58.6 Å². The Morgan fingerprint density at radius 2 is 1.93 bits per heavy atom. The average molecular weight is 373 g/mol. The van der Waals surface area contributed by atoms with E-state index in [9.17, 15) is 9.59 Å². The Labute approximate surface area is 162 Å². The molecule has 1 aliphatic heterocycles.